The first kappa shape index (κ1) is 15.3. The van der Waals surface area contributed by atoms with Crippen LogP contribution in [0.1, 0.15) is 36.0 Å². The summed E-state index contributed by atoms with van der Waals surface area (Å²) in [6, 6.07) is 0. The van der Waals surface area contributed by atoms with Gasteiger partial charge in [-0.3, -0.25) is 5.43 Å². The van der Waals surface area contributed by atoms with Crippen LogP contribution in [0.4, 0.5) is 10.5 Å². The molecule has 1 aromatic rings. The molecule has 6 nitrogen and oxygen atoms in total. The van der Waals surface area contributed by atoms with Crippen LogP contribution >= 0.6 is 11.3 Å². The fraction of sp³-hybridized carbons (Fsp3) is 0.500. The number of carbonyl (C=O) groups is 2. The van der Waals surface area contributed by atoms with Crippen molar-refractivity contribution in [2.45, 2.75) is 33.3 Å². The Morgan fingerprint density at radius 3 is 2.47 bits per heavy atom. The number of methoxy groups -OCH3 is 1. The van der Waals surface area contributed by atoms with Crippen LogP contribution < -0.4 is 10.9 Å². The van der Waals surface area contributed by atoms with E-state index in [1.807, 2.05) is 0 Å². The van der Waals surface area contributed by atoms with Gasteiger partial charge in [-0.2, -0.15) is 0 Å². The van der Waals surface area contributed by atoms with Gasteiger partial charge in [0.25, 0.3) is 0 Å². The Morgan fingerprint density at radius 1 is 1.32 bits per heavy atom. The highest BCUT2D eigenvalue weighted by Crippen LogP contribution is 2.26. The van der Waals surface area contributed by atoms with Crippen molar-refractivity contribution >= 4 is 29.1 Å². The molecule has 0 atom stereocenters. The van der Waals surface area contributed by atoms with E-state index in [-0.39, 0.29) is 0 Å². The molecule has 1 aromatic heterocycles. The number of rotatable bonds is 3. The number of nitrogens with one attached hydrogen (secondary N) is 2. The van der Waals surface area contributed by atoms with Gasteiger partial charge in [-0.05, 0) is 33.3 Å². The van der Waals surface area contributed by atoms with Crippen LogP contribution in [0.3, 0.4) is 0 Å². The van der Waals surface area contributed by atoms with E-state index in [4.69, 9.17) is 4.74 Å². The fourth-order valence-corrected chi connectivity index (χ4v) is 2.19. The van der Waals surface area contributed by atoms with Crippen LogP contribution in [0, 0.1) is 6.92 Å². The molecule has 0 aliphatic rings. The molecule has 1 heterocycles. The lowest BCUT2D eigenvalue weighted by atomic mass is 10.2. The first-order valence-electron chi connectivity index (χ1n) is 5.66. The minimum Gasteiger partial charge on any atom is -0.465 e. The zero-order valence-electron chi connectivity index (χ0n) is 11.6. The molecule has 106 valence electrons. The van der Waals surface area contributed by atoms with Crippen molar-refractivity contribution in [3.63, 3.8) is 0 Å². The summed E-state index contributed by atoms with van der Waals surface area (Å²) in [4.78, 5) is 23.4. The number of thiophene rings is 1. The number of amides is 1. The summed E-state index contributed by atoms with van der Waals surface area (Å²) in [5.41, 5.74) is 5.91. The summed E-state index contributed by atoms with van der Waals surface area (Å²) in [6.07, 6.45) is -0.585. The van der Waals surface area contributed by atoms with Crippen molar-refractivity contribution in [1.29, 1.82) is 0 Å². The molecule has 0 aliphatic heterocycles. The van der Waals surface area contributed by atoms with Crippen LogP contribution in [0.25, 0.3) is 0 Å². The van der Waals surface area contributed by atoms with Crippen molar-refractivity contribution in [3.05, 3.63) is 15.8 Å². The number of hydrogen-bond donors (Lipinski definition) is 2. The standard InChI is InChI=1S/C12H18N2O4S/c1-7-8(6-19-9(7)10(15)17-5)13-14-11(16)18-12(2,3)4/h6,13H,1-5H3,(H,14,16). The number of esters is 1. The molecule has 7 heteroatoms. The second kappa shape index (κ2) is 5.92. The molecule has 1 rings (SSSR count). The molecule has 0 saturated carbocycles. The molecular formula is C12H18N2O4S. The van der Waals surface area contributed by atoms with Crippen molar-refractivity contribution in [3.8, 4) is 0 Å². The van der Waals surface area contributed by atoms with Gasteiger partial charge < -0.3 is 9.47 Å². The topological polar surface area (TPSA) is 76.7 Å². The van der Waals surface area contributed by atoms with E-state index in [9.17, 15) is 9.59 Å². The summed E-state index contributed by atoms with van der Waals surface area (Å²) < 4.78 is 9.73. The zero-order valence-corrected chi connectivity index (χ0v) is 12.4. The fourth-order valence-electron chi connectivity index (χ4n) is 1.26. The van der Waals surface area contributed by atoms with Gasteiger partial charge in [0.2, 0.25) is 0 Å². The molecule has 2 N–H and O–H groups in total. The van der Waals surface area contributed by atoms with Crippen molar-refractivity contribution in [2.75, 3.05) is 12.5 Å². The Labute approximate surface area is 116 Å². The van der Waals surface area contributed by atoms with Gasteiger partial charge in [0, 0.05) is 5.38 Å². The van der Waals surface area contributed by atoms with E-state index in [1.165, 1.54) is 18.4 Å². The maximum atomic E-state index is 11.5. The predicted molar refractivity (Wildman–Crippen MR) is 73.4 cm³/mol. The lowest BCUT2D eigenvalue weighted by Gasteiger charge is -2.20. The van der Waals surface area contributed by atoms with Crippen LogP contribution in [-0.2, 0) is 9.47 Å². The van der Waals surface area contributed by atoms with E-state index in [0.29, 0.717) is 16.1 Å². The SMILES string of the molecule is COC(=O)c1scc(NNC(=O)OC(C)(C)C)c1C. The smallest absolute Gasteiger partial charge is 0.426 e. The predicted octanol–water partition coefficient (Wildman–Crippen LogP) is 2.69. The molecule has 19 heavy (non-hydrogen) atoms. The molecule has 0 spiro atoms. The summed E-state index contributed by atoms with van der Waals surface area (Å²) in [5, 5.41) is 1.72. The minimum atomic E-state index is -0.585. The first-order valence-corrected chi connectivity index (χ1v) is 6.54. The maximum Gasteiger partial charge on any atom is 0.426 e. The number of hydrazine groups is 1. The summed E-state index contributed by atoms with van der Waals surface area (Å²) >= 11 is 1.24. The molecule has 0 aliphatic carbocycles. The second-order valence-corrected chi connectivity index (χ2v) is 5.73. The maximum absolute atomic E-state index is 11.5. The third-order valence-corrected chi connectivity index (χ3v) is 3.17. The average Bonchev–Trinajstić information content (AvgIpc) is 2.65. The van der Waals surface area contributed by atoms with Gasteiger partial charge >= 0.3 is 12.1 Å². The highest BCUT2D eigenvalue weighted by Gasteiger charge is 2.18. The second-order valence-electron chi connectivity index (χ2n) is 4.85. The molecule has 0 radical (unpaired) electrons. The number of anilines is 1. The van der Waals surface area contributed by atoms with Gasteiger partial charge in [0.1, 0.15) is 10.5 Å². The number of ether oxygens (including phenoxy) is 2. The van der Waals surface area contributed by atoms with E-state index in [0.717, 1.165) is 0 Å². The monoisotopic (exact) mass is 286 g/mol. The Morgan fingerprint density at radius 2 is 1.95 bits per heavy atom. The van der Waals surface area contributed by atoms with Crippen molar-refractivity contribution in [2.24, 2.45) is 0 Å². The molecule has 0 bridgehead atoms. The number of carbonyl (C=O) groups excluding carboxylic acids is 2. The summed E-state index contributed by atoms with van der Waals surface area (Å²) in [6.45, 7) is 7.09. The largest absolute Gasteiger partial charge is 0.465 e. The Kier molecular flexibility index (Phi) is 4.77. The molecule has 0 aromatic carbocycles. The lowest BCUT2D eigenvalue weighted by molar-refractivity contribution is 0.0540. The highest BCUT2D eigenvalue weighted by atomic mass is 32.1. The third kappa shape index (κ3) is 4.44. The van der Waals surface area contributed by atoms with Crippen molar-refractivity contribution in [1.82, 2.24) is 5.43 Å². The van der Waals surface area contributed by atoms with Gasteiger partial charge in [-0.25, -0.2) is 15.0 Å². The first-order chi connectivity index (χ1) is 8.74. The Hall–Kier alpha value is -1.76. The van der Waals surface area contributed by atoms with Gasteiger partial charge in [-0.1, -0.05) is 0 Å². The quantitative estimate of drug-likeness (QED) is 0.660. The number of hydrogen-bond acceptors (Lipinski definition) is 6. The van der Waals surface area contributed by atoms with Gasteiger partial charge in [0.05, 0.1) is 12.8 Å². The summed E-state index contributed by atoms with van der Waals surface area (Å²) in [7, 11) is 1.33. The van der Waals surface area contributed by atoms with Crippen LogP contribution in [-0.4, -0.2) is 24.8 Å². The zero-order chi connectivity index (χ0) is 14.6. The summed E-state index contributed by atoms with van der Waals surface area (Å²) in [5.74, 6) is -0.396. The van der Waals surface area contributed by atoms with E-state index in [2.05, 4.69) is 15.6 Å². The third-order valence-electron chi connectivity index (χ3n) is 2.11. The Bertz CT molecular complexity index is 477. The molecule has 0 fully saturated rings. The molecule has 0 saturated heterocycles. The highest BCUT2D eigenvalue weighted by molar-refractivity contribution is 7.12. The van der Waals surface area contributed by atoms with E-state index < -0.39 is 17.7 Å². The average molecular weight is 286 g/mol. The van der Waals surface area contributed by atoms with Crippen molar-refractivity contribution < 1.29 is 19.1 Å². The normalized spacial score (nSPS) is 10.8. The van der Waals surface area contributed by atoms with E-state index in [1.54, 1.807) is 33.1 Å². The van der Waals surface area contributed by atoms with Crippen LogP contribution in [0.15, 0.2) is 5.38 Å². The lowest BCUT2D eigenvalue weighted by Crippen LogP contribution is -2.35. The molecule has 0 unspecified atom stereocenters. The molecular weight excluding hydrogens is 268 g/mol. The van der Waals surface area contributed by atoms with Crippen LogP contribution in [0.5, 0.6) is 0 Å². The Balaban J connectivity index is 2.62. The van der Waals surface area contributed by atoms with Gasteiger partial charge in [0.15, 0.2) is 0 Å². The molecule has 1 amide bonds. The van der Waals surface area contributed by atoms with Crippen LogP contribution in [0.2, 0.25) is 0 Å². The minimum absolute atomic E-state index is 0.396. The van der Waals surface area contributed by atoms with E-state index >= 15 is 0 Å². The van der Waals surface area contributed by atoms with Gasteiger partial charge in [-0.15, -0.1) is 11.3 Å².